The third kappa shape index (κ3) is 1.30. The van der Waals surface area contributed by atoms with Crippen LogP contribution < -0.4 is 0 Å². The second-order valence-corrected chi connectivity index (χ2v) is 3.85. The summed E-state index contributed by atoms with van der Waals surface area (Å²) in [4.78, 5) is 0. The average Bonchev–Trinajstić information content (AvgIpc) is 1.81. The fourth-order valence-corrected chi connectivity index (χ4v) is 1.68. The van der Waals surface area contributed by atoms with Gasteiger partial charge in [0.1, 0.15) is 0 Å². The summed E-state index contributed by atoms with van der Waals surface area (Å²) in [6, 6.07) is 0. The molecule has 9 heavy (non-hydrogen) atoms. The van der Waals surface area contributed by atoms with Gasteiger partial charge in [0, 0.05) is 10.7 Å². The van der Waals surface area contributed by atoms with Crippen molar-refractivity contribution in [3.8, 4) is 0 Å². The summed E-state index contributed by atoms with van der Waals surface area (Å²) in [6.07, 6.45) is 0. The first-order chi connectivity index (χ1) is 4.19. The van der Waals surface area contributed by atoms with Crippen molar-refractivity contribution in [3.05, 3.63) is 0 Å². The smallest absolute Gasteiger partial charge is 0.0545 e. The van der Waals surface area contributed by atoms with E-state index in [1.807, 2.05) is 0 Å². The molecule has 0 amide bonds. The van der Waals surface area contributed by atoms with E-state index < -0.39 is 0 Å². The van der Waals surface area contributed by atoms with Crippen LogP contribution in [0.1, 0.15) is 13.8 Å². The van der Waals surface area contributed by atoms with Gasteiger partial charge >= 0.3 is 0 Å². The molecule has 0 aromatic heterocycles. The first-order valence-corrected chi connectivity index (χ1v) is 4.45. The van der Waals surface area contributed by atoms with Crippen LogP contribution in [0.5, 0.6) is 0 Å². The molecule has 0 aromatic rings. The van der Waals surface area contributed by atoms with Crippen LogP contribution in [0.3, 0.4) is 0 Å². The topological polar surface area (TPSA) is 9.23 Å². The van der Waals surface area contributed by atoms with Crippen molar-refractivity contribution in [2.45, 2.75) is 13.8 Å². The predicted molar refractivity (Wildman–Crippen MR) is 41.9 cm³/mol. The molecule has 0 radical (unpaired) electrons. The van der Waals surface area contributed by atoms with Gasteiger partial charge in [-0.1, -0.05) is 29.8 Å². The van der Waals surface area contributed by atoms with Crippen LogP contribution >= 0.6 is 15.9 Å². The Kier molecular flexibility index (Phi) is 2.17. The van der Waals surface area contributed by atoms with E-state index in [9.17, 15) is 0 Å². The van der Waals surface area contributed by atoms with Crippen LogP contribution in [0.25, 0.3) is 0 Å². The molecule has 0 saturated carbocycles. The lowest BCUT2D eigenvalue weighted by Crippen LogP contribution is -2.45. The molecule has 0 aliphatic carbocycles. The van der Waals surface area contributed by atoms with Crippen molar-refractivity contribution in [1.82, 2.24) is 0 Å². The highest BCUT2D eigenvalue weighted by Gasteiger charge is 2.37. The van der Waals surface area contributed by atoms with Crippen molar-refractivity contribution in [2.75, 3.05) is 18.5 Å². The van der Waals surface area contributed by atoms with E-state index in [-0.39, 0.29) is 0 Å². The molecule has 54 valence electrons. The van der Waals surface area contributed by atoms with E-state index in [2.05, 4.69) is 29.8 Å². The highest BCUT2D eigenvalue weighted by Crippen LogP contribution is 2.35. The van der Waals surface area contributed by atoms with Gasteiger partial charge in [-0.2, -0.15) is 0 Å². The fourth-order valence-electron chi connectivity index (χ4n) is 0.895. The molecule has 0 aromatic carbocycles. The van der Waals surface area contributed by atoms with Gasteiger partial charge in [-0.05, 0) is 5.92 Å². The summed E-state index contributed by atoms with van der Waals surface area (Å²) < 4.78 is 5.14. The largest absolute Gasteiger partial charge is 0.380 e. The minimum Gasteiger partial charge on any atom is -0.380 e. The van der Waals surface area contributed by atoms with Crippen molar-refractivity contribution in [2.24, 2.45) is 11.3 Å². The summed E-state index contributed by atoms with van der Waals surface area (Å²) in [7, 11) is 0. The molecule has 2 heteroatoms. The molecular formula is C7H13BrO. The zero-order valence-corrected chi connectivity index (χ0v) is 7.57. The van der Waals surface area contributed by atoms with Gasteiger partial charge in [-0.25, -0.2) is 0 Å². The zero-order chi connectivity index (χ0) is 6.91. The monoisotopic (exact) mass is 192 g/mol. The predicted octanol–water partition coefficient (Wildman–Crippen LogP) is 2.05. The van der Waals surface area contributed by atoms with Crippen molar-refractivity contribution in [1.29, 1.82) is 0 Å². The van der Waals surface area contributed by atoms with Gasteiger partial charge in [0.05, 0.1) is 13.2 Å². The van der Waals surface area contributed by atoms with E-state index in [0.29, 0.717) is 5.41 Å². The summed E-state index contributed by atoms with van der Waals surface area (Å²) in [5, 5.41) is 1.09. The molecular weight excluding hydrogens is 180 g/mol. The quantitative estimate of drug-likeness (QED) is 0.610. The van der Waals surface area contributed by atoms with Crippen LogP contribution in [-0.2, 0) is 4.74 Å². The molecule has 1 saturated heterocycles. The maximum atomic E-state index is 5.14. The molecule has 1 heterocycles. The van der Waals surface area contributed by atoms with Crippen LogP contribution in [-0.4, -0.2) is 18.5 Å². The minimum absolute atomic E-state index is 0.462. The Labute approximate surface area is 64.9 Å². The van der Waals surface area contributed by atoms with Gasteiger partial charge in [0.2, 0.25) is 0 Å². The van der Waals surface area contributed by atoms with Gasteiger partial charge in [0.25, 0.3) is 0 Å². The van der Waals surface area contributed by atoms with Crippen LogP contribution in [0, 0.1) is 11.3 Å². The molecule has 1 nitrogen and oxygen atoms in total. The summed E-state index contributed by atoms with van der Waals surface area (Å²) in [5.74, 6) is 0.742. The summed E-state index contributed by atoms with van der Waals surface area (Å²) in [5.41, 5.74) is 0.462. The second-order valence-electron chi connectivity index (χ2n) is 3.20. The number of halogens is 1. The maximum absolute atomic E-state index is 5.14. The standard InChI is InChI=1S/C7H13BrO/c1-6(3-8)7(2)4-9-5-7/h6H,3-5H2,1-2H3. The summed E-state index contributed by atoms with van der Waals surface area (Å²) >= 11 is 3.47. The number of hydrogen-bond acceptors (Lipinski definition) is 1. The van der Waals surface area contributed by atoms with Gasteiger partial charge < -0.3 is 4.74 Å². The minimum atomic E-state index is 0.462. The Morgan fingerprint density at radius 2 is 2.22 bits per heavy atom. The lowest BCUT2D eigenvalue weighted by Gasteiger charge is -2.42. The lowest BCUT2D eigenvalue weighted by molar-refractivity contribution is -0.125. The van der Waals surface area contributed by atoms with Crippen molar-refractivity contribution in [3.63, 3.8) is 0 Å². The van der Waals surface area contributed by atoms with Crippen molar-refractivity contribution < 1.29 is 4.74 Å². The van der Waals surface area contributed by atoms with E-state index in [1.54, 1.807) is 0 Å². The number of alkyl halides is 1. The molecule has 1 aliphatic rings. The average molecular weight is 193 g/mol. The van der Waals surface area contributed by atoms with Crippen LogP contribution in [0.4, 0.5) is 0 Å². The number of ether oxygens (including phenoxy) is 1. The Morgan fingerprint density at radius 1 is 1.67 bits per heavy atom. The molecule has 1 aliphatic heterocycles. The van der Waals surface area contributed by atoms with Crippen LogP contribution in [0.15, 0.2) is 0 Å². The third-order valence-corrected chi connectivity index (χ3v) is 3.26. The Bertz CT molecular complexity index is 99.1. The molecule has 0 N–H and O–H groups in total. The molecule has 0 spiro atoms. The molecule has 1 atom stereocenters. The molecule has 1 unspecified atom stereocenters. The van der Waals surface area contributed by atoms with Crippen LogP contribution in [0.2, 0.25) is 0 Å². The highest BCUT2D eigenvalue weighted by atomic mass is 79.9. The maximum Gasteiger partial charge on any atom is 0.0545 e. The number of hydrogen-bond donors (Lipinski definition) is 0. The Hall–Kier alpha value is 0.440. The van der Waals surface area contributed by atoms with E-state index in [4.69, 9.17) is 4.74 Å². The lowest BCUT2D eigenvalue weighted by atomic mass is 9.78. The first kappa shape index (κ1) is 7.55. The third-order valence-electron chi connectivity index (χ3n) is 2.28. The Balaban J connectivity index is 2.38. The molecule has 1 fully saturated rings. The highest BCUT2D eigenvalue weighted by molar-refractivity contribution is 9.09. The molecule has 0 bridgehead atoms. The second kappa shape index (κ2) is 2.59. The van der Waals surface area contributed by atoms with Crippen molar-refractivity contribution >= 4 is 15.9 Å². The van der Waals surface area contributed by atoms with Gasteiger partial charge in [-0.15, -0.1) is 0 Å². The first-order valence-electron chi connectivity index (χ1n) is 3.33. The summed E-state index contributed by atoms with van der Waals surface area (Å²) in [6.45, 7) is 6.43. The normalized spacial score (nSPS) is 27.0. The van der Waals surface area contributed by atoms with Gasteiger partial charge in [0.15, 0.2) is 0 Å². The van der Waals surface area contributed by atoms with E-state index in [0.717, 1.165) is 24.5 Å². The van der Waals surface area contributed by atoms with Gasteiger partial charge in [-0.3, -0.25) is 0 Å². The molecule has 1 rings (SSSR count). The zero-order valence-electron chi connectivity index (χ0n) is 5.98. The SMILES string of the molecule is CC(CBr)C1(C)COC1. The van der Waals surface area contributed by atoms with E-state index in [1.165, 1.54) is 0 Å². The Morgan fingerprint density at radius 3 is 2.33 bits per heavy atom. The van der Waals surface area contributed by atoms with E-state index >= 15 is 0 Å². The number of rotatable bonds is 2. The fraction of sp³-hybridized carbons (Fsp3) is 1.00.